The Hall–Kier alpha value is -0.550. The van der Waals surface area contributed by atoms with Crippen molar-refractivity contribution in [3.05, 3.63) is 11.9 Å². The molecule has 1 aliphatic carbocycles. The van der Waals surface area contributed by atoms with Gasteiger partial charge in [0, 0.05) is 19.3 Å². The van der Waals surface area contributed by atoms with Gasteiger partial charge in [-0.1, -0.05) is 5.21 Å². The molecule has 0 atom stereocenters. The standard InChI is InChI=1S/C11H20N4S/c1-16-6-2-5-15-9-11(13-14-15)8-12-7-10-3-4-10/h9-10,12H,2-8H2,1H3. The van der Waals surface area contributed by atoms with Crippen LogP contribution in [0.2, 0.25) is 0 Å². The predicted molar refractivity (Wildman–Crippen MR) is 67.5 cm³/mol. The van der Waals surface area contributed by atoms with E-state index in [9.17, 15) is 0 Å². The largest absolute Gasteiger partial charge is 0.311 e. The molecular formula is C11H20N4S. The van der Waals surface area contributed by atoms with E-state index in [1.54, 1.807) is 0 Å². The van der Waals surface area contributed by atoms with Crippen molar-refractivity contribution >= 4 is 11.8 Å². The highest BCUT2D eigenvalue weighted by atomic mass is 32.2. The van der Waals surface area contributed by atoms with E-state index in [0.29, 0.717) is 0 Å². The van der Waals surface area contributed by atoms with E-state index in [4.69, 9.17) is 0 Å². The molecule has 1 heterocycles. The number of nitrogens with one attached hydrogen (secondary N) is 1. The van der Waals surface area contributed by atoms with E-state index >= 15 is 0 Å². The van der Waals surface area contributed by atoms with Crippen molar-refractivity contribution in [2.75, 3.05) is 18.6 Å². The molecule has 0 bridgehead atoms. The Bertz CT molecular complexity index is 309. The summed E-state index contributed by atoms with van der Waals surface area (Å²) < 4.78 is 1.95. The smallest absolute Gasteiger partial charge is 0.0964 e. The third-order valence-corrected chi connectivity index (χ3v) is 3.45. The van der Waals surface area contributed by atoms with Gasteiger partial charge < -0.3 is 5.32 Å². The van der Waals surface area contributed by atoms with Crippen LogP contribution >= 0.6 is 11.8 Å². The van der Waals surface area contributed by atoms with Crippen molar-refractivity contribution in [2.45, 2.75) is 32.4 Å². The summed E-state index contributed by atoms with van der Waals surface area (Å²) in [5, 5.41) is 11.7. The Morgan fingerprint density at radius 1 is 1.56 bits per heavy atom. The first-order chi connectivity index (χ1) is 7.88. The Morgan fingerprint density at radius 3 is 3.19 bits per heavy atom. The molecule has 0 aliphatic heterocycles. The summed E-state index contributed by atoms with van der Waals surface area (Å²) >= 11 is 1.88. The van der Waals surface area contributed by atoms with Gasteiger partial charge in [-0.05, 0) is 43.7 Å². The monoisotopic (exact) mass is 240 g/mol. The molecule has 1 N–H and O–H groups in total. The first-order valence-electron chi connectivity index (χ1n) is 5.97. The van der Waals surface area contributed by atoms with Crippen LogP contribution in [0, 0.1) is 5.92 Å². The number of aromatic nitrogens is 3. The van der Waals surface area contributed by atoms with Crippen LogP contribution in [0.3, 0.4) is 0 Å². The maximum absolute atomic E-state index is 4.16. The molecule has 0 spiro atoms. The summed E-state index contributed by atoms with van der Waals surface area (Å²) in [6, 6.07) is 0. The van der Waals surface area contributed by atoms with Crippen LogP contribution in [0.15, 0.2) is 6.20 Å². The van der Waals surface area contributed by atoms with Crippen molar-refractivity contribution in [1.29, 1.82) is 0 Å². The molecule has 0 amide bonds. The molecule has 5 heteroatoms. The van der Waals surface area contributed by atoms with Gasteiger partial charge in [0.2, 0.25) is 0 Å². The van der Waals surface area contributed by atoms with Crippen molar-refractivity contribution in [1.82, 2.24) is 20.3 Å². The lowest BCUT2D eigenvalue weighted by molar-refractivity contribution is 0.581. The summed E-state index contributed by atoms with van der Waals surface area (Å²) in [4.78, 5) is 0. The van der Waals surface area contributed by atoms with E-state index in [2.05, 4.69) is 28.1 Å². The van der Waals surface area contributed by atoms with Gasteiger partial charge >= 0.3 is 0 Å². The number of rotatable bonds is 8. The van der Waals surface area contributed by atoms with Gasteiger partial charge in [-0.25, -0.2) is 0 Å². The van der Waals surface area contributed by atoms with Crippen LogP contribution in [0.4, 0.5) is 0 Å². The molecule has 0 saturated heterocycles. The fourth-order valence-corrected chi connectivity index (χ4v) is 2.04. The lowest BCUT2D eigenvalue weighted by Gasteiger charge is -1.99. The zero-order valence-electron chi connectivity index (χ0n) is 9.85. The Balaban J connectivity index is 1.64. The van der Waals surface area contributed by atoms with Crippen LogP contribution in [-0.2, 0) is 13.1 Å². The molecule has 1 saturated carbocycles. The minimum absolute atomic E-state index is 0.860. The molecular weight excluding hydrogens is 220 g/mol. The topological polar surface area (TPSA) is 42.7 Å². The van der Waals surface area contributed by atoms with Crippen molar-refractivity contribution in [3.63, 3.8) is 0 Å². The minimum Gasteiger partial charge on any atom is -0.311 e. The number of hydrogen-bond acceptors (Lipinski definition) is 4. The zero-order chi connectivity index (χ0) is 11.2. The Kier molecular flexibility index (Phi) is 4.66. The quantitative estimate of drug-likeness (QED) is 0.700. The average molecular weight is 240 g/mol. The minimum atomic E-state index is 0.860. The first kappa shape index (κ1) is 11.9. The second-order valence-electron chi connectivity index (χ2n) is 4.39. The fourth-order valence-electron chi connectivity index (χ4n) is 1.63. The van der Waals surface area contributed by atoms with E-state index in [-0.39, 0.29) is 0 Å². The Morgan fingerprint density at radius 2 is 2.44 bits per heavy atom. The van der Waals surface area contributed by atoms with Crippen LogP contribution < -0.4 is 5.32 Å². The lowest BCUT2D eigenvalue weighted by Crippen LogP contribution is -2.16. The molecule has 90 valence electrons. The second-order valence-corrected chi connectivity index (χ2v) is 5.38. The lowest BCUT2D eigenvalue weighted by atomic mass is 10.4. The predicted octanol–water partition coefficient (Wildman–Crippen LogP) is 1.53. The average Bonchev–Trinajstić information content (AvgIpc) is 2.99. The molecule has 0 aromatic carbocycles. The second kappa shape index (κ2) is 6.25. The number of hydrogen-bond donors (Lipinski definition) is 1. The van der Waals surface area contributed by atoms with Crippen molar-refractivity contribution in [3.8, 4) is 0 Å². The molecule has 1 fully saturated rings. The van der Waals surface area contributed by atoms with E-state index < -0.39 is 0 Å². The summed E-state index contributed by atoms with van der Waals surface area (Å²) in [6.07, 6.45) is 8.15. The summed E-state index contributed by atoms with van der Waals surface area (Å²) in [6.45, 7) is 2.98. The molecule has 1 aliphatic rings. The maximum atomic E-state index is 4.16. The summed E-state index contributed by atoms with van der Waals surface area (Å²) in [5.41, 5.74) is 1.06. The molecule has 0 unspecified atom stereocenters. The van der Waals surface area contributed by atoms with E-state index in [1.165, 1.54) is 25.0 Å². The molecule has 1 aromatic heterocycles. The summed E-state index contributed by atoms with van der Waals surface area (Å²) in [7, 11) is 0. The number of nitrogens with zero attached hydrogens (tertiary/aromatic N) is 3. The molecule has 0 radical (unpaired) electrons. The van der Waals surface area contributed by atoms with E-state index in [1.807, 2.05) is 16.4 Å². The van der Waals surface area contributed by atoms with Gasteiger partial charge in [-0.2, -0.15) is 11.8 Å². The first-order valence-corrected chi connectivity index (χ1v) is 7.36. The molecule has 16 heavy (non-hydrogen) atoms. The van der Waals surface area contributed by atoms with Crippen LogP contribution in [0.5, 0.6) is 0 Å². The van der Waals surface area contributed by atoms with Crippen LogP contribution in [0.1, 0.15) is 25.0 Å². The van der Waals surface area contributed by atoms with E-state index in [0.717, 1.165) is 31.2 Å². The fraction of sp³-hybridized carbons (Fsp3) is 0.818. The highest BCUT2D eigenvalue weighted by molar-refractivity contribution is 7.98. The number of thioether (sulfide) groups is 1. The van der Waals surface area contributed by atoms with Gasteiger partial charge in [0.05, 0.1) is 5.69 Å². The summed E-state index contributed by atoms with van der Waals surface area (Å²) in [5.74, 6) is 2.12. The third-order valence-electron chi connectivity index (χ3n) is 2.76. The molecule has 2 rings (SSSR count). The SMILES string of the molecule is CSCCCn1cc(CNCC2CC2)nn1. The molecule has 1 aromatic rings. The van der Waals surface area contributed by atoms with Gasteiger partial charge in [0.25, 0.3) is 0 Å². The molecule has 4 nitrogen and oxygen atoms in total. The highest BCUT2D eigenvalue weighted by Gasteiger charge is 2.20. The van der Waals surface area contributed by atoms with Gasteiger partial charge in [0.1, 0.15) is 0 Å². The van der Waals surface area contributed by atoms with Crippen molar-refractivity contribution < 1.29 is 0 Å². The van der Waals surface area contributed by atoms with Crippen LogP contribution in [0.25, 0.3) is 0 Å². The maximum Gasteiger partial charge on any atom is 0.0964 e. The van der Waals surface area contributed by atoms with Crippen LogP contribution in [-0.4, -0.2) is 33.5 Å². The third kappa shape index (κ3) is 4.14. The van der Waals surface area contributed by atoms with Gasteiger partial charge in [-0.15, -0.1) is 5.10 Å². The Labute approximate surface area is 101 Å². The number of aryl methyl sites for hydroxylation is 1. The normalized spacial score (nSPS) is 15.6. The zero-order valence-corrected chi connectivity index (χ0v) is 10.7. The van der Waals surface area contributed by atoms with Crippen molar-refractivity contribution in [2.24, 2.45) is 5.92 Å². The highest BCUT2D eigenvalue weighted by Crippen LogP contribution is 2.27. The van der Waals surface area contributed by atoms with Gasteiger partial charge in [-0.3, -0.25) is 4.68 Å². The van der Waals surface area contributed by atoms with Gasteiger partial charge in [0.15, 0.2) is 0 Å².